The van der Waals surface area contributed by atoms with Crippen molar-refractivity contribution >= 4 is 28.7 Å². The Balaban J connectivity index is 1.97. The molecule has 1 amide bonds. The lowest BCUT2D eigenvalue weighted by Gasteiger charge is -2.30. The lowest BCUT2D eigenvalue weighted by molar-refractivity contribution is -0.385. The number of carbonyl (C=O) groups excluding carboxylic acids is 1. The van der Waals surface area contributed by atoms with Gasteiger partial charge in [-0.1, -0.05) is 6.07 Å². The molecule has 0 radical (unpaired) electrons. The molecule has 0 aromatic heterocycles. The summed E-state index contributed by atoms with van der Waals surface area (Å²) in [7, 11) is 0. The first-order valence-electron chi connectivity index (χ1n) is 8.96. The van der Waals surface area contributed by atoms with E-state index in [9.17, 15) is 25.0 Å². The van der Waals surface area contributed by atoms with Crippen LogP contribution in [0.25, 0.3) is 0 Å². The van der Waals surface area contributed by atoms with Gasteiger partial charge in [0.15, 0.2) is 0 Å². The molecule has 0 bridgehead atoms. The molecule has 1 fully saturated rings. The van der Waals surface area contributed by atoms with E-state index >= 15 is 0 Å². The fourth-order valence-corrected chi connectivity index (χ4v) is 3.28. The van der Waals surface area contributed by atoms with Crippen molar-refractivity contribution < 1.29 is 14.6 Å². The normalized spacial score (nSPS) is 13.8. The van der Waals surface area contributed by atoms with Gasteiger partial charge in [0.05, 0.1) is 26.8 Å². The number of nitrogens with zero attached hydrogens (tertiary/aromatic N) is 3. The van der Waals surface area contributed by atoms with Crippen LogP contribution < -0.4 is 10.2 Å². The van der Waals surface area contributed by atoms with Crippen LogP contribution in [-0.2, 0) is 0 Å². The molecule has 2 aromatic rings. The van der Waals surface area contributed by atoms with Gasteiger partial charge in [0.2, 0.25) is 0 Å². The minimum atomic E-state index is -0.546. The third-order valence-corrected chi connectivity index (χ3v) is 4.81. The second kappa shape index (κ2) is 8.03. The van der Waals surface area contributed by atoms with Crippen molar-refractivity contribution in [3.8, 4) is 0 Å². The summed E-state index contributed by atoms with van der Waals surface area (Å²) >= 11 is 0. The number of non-ortho nitro benzene ring substituents is 2. The SMILES string of the molecule is Cc1ccc([N+](=O)[O-])cc1NC(=O)c1cc([N+](=O)[O-])ccc1N1CCCCC1. The van der Waals surface area contributed by atoms with Crippen LogP contribution in [0.3, 0.4) is 0 Å². The summed E-state index contributed by atoms with van der Waals surface area (Å²) in [6.07, 6.45) is 3.09. The molecule has 0 atom stereocenters. The first-order valence-corrected chi connectivity index (χ1v) is 8.96. The number of benzene rings is 2. The number of piperidine rings is 1. The average Bonchev–Trinajstić information content (AvgIpc) is 2.69. The van der Waals surface area contributed by atoms with E-state index in [0.29, 0.717) is 16.9 Å². The standard InChI is InChI=1S/C19H20N4O5/c1-13-5-6-15(23(27)28)12-17(13)20-19(24)16-11-14(22(25)26)7-8-18(16)21-9-3-2-4-10-21/h5-8,11-12H,2-4,9-10H2,1H3,(H,20,24). The Kier molecular flexibility index (Phi) is 5.53. The van der Waals surface area contributed by atoms with E-state index in [1.54, 1.807) is 19.1 Å². The number of nitrogens with one attached hydrogen (secondary N) is 1. The highest BCUT2D eigenvalue weighted by molar-refractivity contribution is 6.09. The van der Waals surface area contributed by atoms with E-state index in [1.807, 2.05) is 4.90 Å². The van der Waals surface area contributed by atoms with Crippen LogP contribution in [0.5, 0.6) is 0 Å². The second-order valence-electron chi connectivity index (χ2n) is 6.72. The number of hydrogen-bond donors (Lipinski definition) is 1. The van der Waals surface area contributed by atoms with Crippen LogP contribution in [0.2, 0.25) is 0 Å². The quantitative estimate of drug-likeness (QED) is 0.613. The van der Waals surface area contributed by atoms with Crippen LogP contribution >= 0.6 is 0 Å². The monoisotopic (exact) mass is 384 g/mol. The Labute approximate surface area is 161 Å². The van der Waals surface area contributed by atoms with Crippen molar-refractivity contribution in [3.05, 3.63) is 67.8 Å². The zero-order valence-corrected chi connectivity index (χ0v) is 15.4. The molecule has 1 aliphatic heterocycles. The minimum Gasteiger partial charge on any atom is -0.371 e. The molecule has 1 saturated heterocycles. The summed E-state index contributed by atoms with van der Waals surface area (Å²) in [4.78, 5) is 36.1. The van der Waals surface area contributed by atoms with Gasteiger partial charge in [0.25, 0.3) is 17.3 Å². The molecule has 1 N–H and O–H groups in total. The van der Waals surface area contributed by atoms with Gasteiger partial charge in [-0.15, -0.1) is 0 Å². The molecule has 1 aliphatic rings. The van der Waals surface area contributed by atoms with E-state index in [0.717, 1.165) is 32.4 Å². The first kappa shape index (κ1) is 19.3. The average molecular weight is 384 g/mol. The number of carbonyl (C=O) groups is 1. The summed E-state index contributed by atoms with van der Waals surface area (Å²) in [5.74, 6) is -0.534. The highest BCUT2D eigenvalue weighted by atomic mass is 16.6. The molecule has 9 heteroatoms. The first-order chi connectivity index (χ1) is 13.4. The number of rotatable bonds is 5. The van der Waals surface area contributed by atoms with Crippen molar-refractivity contribution in [2.24, 2.45) is 0 Å². The fraction of sp³-hybridized carbons (Fsp3) is 0.316. The molecule has 3 rings (SSSR count). The summed E-state index contributed by atoms with van der Waals surface area (Å²) in [5.41, 5.74) is 1.45. The molecule has 0 saturated carbocycles. The summed E-state index contributed by atoms with van der Waals surface area (Å²) < 4.78 is 0. The van der Waals surface area contributed by atoms with E-state index in [2.05, 4.69) is 5.32 Å². The molecule has 1 heterocycles. The largest absolute Gasteiger partial charge is 0.371 e. The van der Waals surface area contributed by atoms with Gasteiger partial charge in [-0.05, 0) is 37.8 Å². The van der Waals surface area contributed by atoms with E-state index < -0.39 is 15.8 Å². The number of nitro benzene ring substituents is 2. The Hall–Kier alpha value is -3.49. The number of anilines is 2. The van der Waals surface area contributed by atoms with Crippen molar-refractivity contribution in [2.45, 2.75) is 26.2 Å². The second-order valence-corrected chi connectivity index (χ2v) is 6.72. The van der Waals surface area contributed by atoms with E-state index in [1.165, 1.54) is 24.3 Å². The van der Waals surface area contributed by atoms with Gasteiger partial charge >= 0.3 is 0 Å². The van der Waals surface area contributed by atoms with E-state index in [-0.39, 0.29) is 16.9 Å². The van der Waals surface area contributed by atoms with Crippen molar-refractivity contribution in [3.63, 3.8) is 0 Å². The maximum atomic E-state index is 13.0. The Morgan fingerprint density at radius 2 is 1.57 bits per heavy atom. The summed E-state index contributed by atoms with van der Waals surface area (Å²) in [6, 6.07) is 8.43. The molecular weight excluding hydrogens is 364 g/mol. The zero-order chi connectivity index (χ0) is 20.3. The topological polar surface area (TPSA) is 119 Å². The smallest absolute Gasteiger partial charge is 0.271 e. The van der Waals surface area contributed by atoms with Gasteiger partial charge < -0.3 is 10.2 Å². The van der Waals surface area contributed by atoms with Crippen LogP contribution in [0.1, 0.15) is 35.2 Å². The number of aryl methyl sites for hydroxylation is 1. The molecule has 9 nitrogen and oxygen atoms in total. The lowest BCUT2D eigenvalue weighted by atomic mass is 10.1. The number of hydrogen-bond acceptors (Lipinski definition) is 6. The molecule has 2 aromatic carbocycles. The van der Waals surface area contributed by atoms with Gasteiger partial charge in [-0.2, -0.15) is 0 Å². The fourth-order valence-electron chi connectivity index (χ4n) is 3.28. The zero-order valence-electron chi connectivity index (χ0n) is 15.4. The van der Waals surface area contributed by atoms with Crippen LogP contribution in [0.15, 0.2) is 36.4 Å². The molecule has 28 heavy (non-hydrogen) atoms. The number of amides is 1. The van der Waals surface area contributed by atoms with Gasteiger partial charge in [0.1, 0.15) is 0 Å². The predicted molar refractivity (Wildman–Crippen MR) is 105 cm³/mol. The Morgan fingerprint density at radius 3 is 2.21 bits per heavy atom. The Bertz CT molecular complexity index is 938. The Morgan fingerprint density at radius 1 is 0.964 bits per heavy atom. The van der Waals surface area contributed by atoms with Crippen molar-refractivity contribution in [1.29, 1.82) is 0 Å². The van der Waals surface area contributed by atoms with Crippen molar-refractivity contribution in [2.75, 3.05) is 23.3 Å². The predicted octanol–water partition coefficient (Wildman–Crippen LogP) is 4.05. The van der Waals surface area contributed by atoms with Gasteiger partial charge in [-0.25, -0.2) is 0 Å². The highest BCUT2D eigenvalue weighted by Crippen LogP contribution is 2.30. The van der Waals surface area contributed by atoms with Gasteiger partial charge in [-0.3, -0.25) is 25.0 Å². The summed E-state index contributed by atoms with van der Waals surface area (Å²) in [5, 5.41) is 24.9. The van der Waals surface area contributed by atoms with Crippen LogP contribution in [-0.4, -0.2) is 28.8 Å². The lowest BCUT2D eigenvalue weighted by Crippen LogP contribution is -2.31. The molecule has 0 aliphatic carbocycles. The maximum Gasteiger partial charge on any atom is 0.271 e. The van der Waals surface area contributed by atoms with Crippen LogP contribution in [0.4, 0.5) is 22.7 Å². The van der Waals surface area contributed by atoms with E-state index in [4.69, 9.17) is 0 Å². The molecule has 0 unspecified atom stereocenters. The third-order valence-electron chi connectivity index (χ3n) is 4.81. The molecule has 0 spiro atoms. The number of nitro groups is 2. The summed E-state index contributed by atoms with van der Waals surface area (Å²) in [6.45, 7) is 3.26. The third kappa shape index (κ3) is 4.08. The molecule has 146 valence electrons. The molecular formula is C19H20N4O5. The van der Waals surface area contributed by atoms with Gasteiger partial charge in [0, 0.05) is 37.4 Å². The maximum absolute atomic E-state index is 13.0. The van der Waals surface area contributed by atoms with Crippen molar-refractivity contribution in [1.82, 2.24) is 0 Å². The van der Waals surface area contributed by atoms with Crippen LogP contribution in [0, 0.1) is 27.2 Å². The highest BCUT2D eigenvalue weighted by Gasteiger charge is 2.22. The minimum absolute atomic E-state index is 0.142.